The van der Waals surface area contributed by atoms with Crippen LogP contribution in [0.2, 0.25) is 0 Å². The highest BCUT2D eigenvalue weighted by Gasteiger charge is 2.43. The van der Waals surface area contributed by atoms with Crippen LogP contribution < -0.4 is 0 Å². The molecule has 4 unspecified atom stereocenters. The largest absolute Gasteiger partial charge is 0.481 e. The van der Waals surface area contributed by atoms with Crippen LogP contribution in [0.3, 0.4) is 0 Å². The number of aromatic nitrogens is 1. The van der Waals surface area contributed by atoms with Crippen LogP contribution in [0.15, 0.2) is 24.4 Å². The molecule has 1 aromatic carbocycles. The number of likely N-dealkylation sites (tertiary alicyclic amines) is 1. The van der Waals surface area contributed by atoms with E-state index in [-0.39, 0.29) is 35.5 Å². The predicted molar refractivity (Wildman–Crippen MR) is 114 cm³/mol. The van der Waals surface area contributed by atoms with Gasteiger partial charge in [0.15, 0.2) is 0 Å². The summed E-state index contributed by atoms with van der Waals surface area (Å²) >= 11 is 0. The predicted octanol–water partition coefficient (Wildman–Crippen LogP) is 4.79. The molecule has 1 saturated heterocycles. The molecule has 0 bridgehead atoms. The number of aliphatic carboxylic acids is 1. The summed E-state index contributed by atoms with van der Waals surface area (Å²) in [5.41, 5.74) is 1.74. The van der Waals surface area contributed by atoms with Gasteiger partial charge in [-0.25, -0.2) is 4.39 Å². The SMILES string of the molecule is CCn1cc(C(C)CC(=O)N2CCCC3C(C(=O)O)CCCC32)c2c(F)cccc21. The quantitative estimate of drug-likeness (QED) is 0.765. The van der Waals surface area contributed by atoms with Crippen molar-refractivity contribution < 1.29 is 19.1 Å². The van der Waals surface area contributed by atoms with Gasteiger partial charge in [-0.15, -0.1) is 0 Å². The molecule has 2 aliphatic rings. The maximum absolute atomic E-state index is 14.6. The van der Waals surface area contributed by atoms with E-state index in [0.29, 0.717) is 24.8 Å². The normalized spacial score (nSPS) is 25.2. The Balaban J connectivity index is 1.55. The lowest BCUT2D eigenvalue weighted by molar-refractivity contribution is -0.152. The number of carbonyl (C=O) groups excluding carboxylic acids is 1. The second-order valence-electron chi connectivity index (χ2n) is 8.95. The molecule has 4 atom stereocenters. The molecular formula is C24H31FN2O3. The van der Waals surface area contributed by atoms with Crippen molar-refractivity contribution in [3.63, 3.8) is 0 Å². The number of fused-ring (bicyclic) bond motifs is 2. The molecule has 6 heteroatoms. The number of piperidine rings is 1. The third-order valence-corrected chi connectivity index (χ3v) is 7.24. The van der Waals surface area contributed by atoms with E-state index >= 15 is 0 Å². The number of aryl methyl sites for hydroxylation is 1. The number of amides is 1. The van der Waals surface area contributed by atoms with Gasteiger partial charge in [-0.1, -0.05) is 19.4 Å². The monoisotopic (exact) mass is 414 g/mol. The summed E-state index contributed by atoms with van der Waals surface area (Å²) in [6, 6.07) is 5.15. The van der Waals surface area contributed by atoms with Gasteiger partial charge in [-0.3, -0.25) is 9.59 Å². The van der Waals surface area contributed by atoms with E-state index in [1.54, 1.807) is 6.07 Å². The third kappa shape index (κ3) is 3.61. The van der Waals surface area contributed by atoms with Gasteiger partial charge in [0, 0.05) is 37.1 Å². The van der Waals surface area contributed by atoms with Crippen molar-refractivity contribution in [1.29, 1.82) is 0 Å². The van der Waals surface area contributed by atoms with Gasteiger partial charge in [-0.05, 0) is 62.1 Å². The number of benzene rings is 1. The Hall–Kier alpha value is -2.37. The van der Waals surface area contributed by atoms with E-state index in [4.69, 9.17) is 0 Å². The summed E-state index contributed by atoms with van der Waals surface area (Å²) < 4.78 is 16.7. The van der Waals surface area contributed by atoms with Crippen molar-refractivity contribution in [3.8, 4) is 0 Å². The van der Waals surface area contributed by atoms with Crippen molar-refractivity contribution in [2.45, 2.75) is 70.9 Å². The van der Waals surface area contributed by atoms with Crippen LogP contribution >= 0.6 is 0 Å². The van der Waals surface area contributed by atoms with Crippen molar-refractivity contribution in [2.24, 2.45) is 11.8 Å². The number of hydrogen-bond donors (Lipinski definition) is 1. The van der Waals surface area contributed by atoms with E-state index in [1.165, 1.54) is 6.07 Å². The minimum atomic E-state index is -0.727. The molecule has 162 valence electrons. The van der Waals surface area contributed by atoms with Crippen LogP contribution in [0.1, 0.15) is 63.9 Å². The molecule has 1 N–H and O–H groups in total. The summed E-state index contributed by atoms with van der Waals surface area (Å²) in [5, 5.41) is 10.2. The molecule has 1 saturated carbocycles. The first kappa shape index (κ1) is 20.9. The van der Waals surface area contributed by atoms with Crippen LogP contribution in [0, 0.1) is 17.7 Å². The maximum atomic E-state index is 14.6. The van der Waals surface area contributed by atoms with Crippen molar-refractivity contribution >= 4 is 22.8 Å². The highest BCUT2D eigenvalue weighted by molar-refractivity contribution is 5.86. The molecular weight excluding hydrogens is 383 g/mol. The number of carbonyl (C=O) groups is 2. The maximum Gasteiger partial charge on any atom is 0.306 e. The zero-order valence-corrected chi connectivity index (χ0v) is 17.8. The first-order valence-electron chi connectivity index (χ1n) is 11.2. The number of halogens is 1. The lowest BCUT2D eigenvalue weighted by atomic mass is 9.71. The fourth-order valence-electron chi connectivity index (χ4n) is 5.77. The van der Waals surface area contributed by atoms with E-state index in [0.717, 1.165) is 43.3 Å². The zero-order chi connectivity index (χ0) is 21.4. The summed E-state index contributed by atoms with van der Waals surface area (Å²) in [4.78, 5) is 26.9. The van der Waals surface area contributed by atoms with Crippen molar-refractivity contribution in [1.82, 2.24) is 9.47 Å². The summed E-state index contributed by atoms with van der Waals surface area (Å²) in [6.07, 6.45) is 6.49. The third-order valence-electron chi connectivity index (χ3n) is 7.24. The fraction of sp³-hybridized carbons (Fsp3) is 0.583. The molecule has 2 fully saturated rings. The Morgan fingerprint density at radius 3 is 2.77 bits per heavy atom. The Kier molecular flexibility index (Phi) is 5.85. The minimum Gasteiger partial charge on any atom is -0.481 e. The van der Waals surface area contributed by atoms with Crippen LogP contribution in [0.25, 0.3) is 10.9 Å². The molecule has 4 rings (SSSR count). The number of carboxylic acid groups (broad SMARTS) is 1. The molecule has 5 nitrogen and oxygen atoms in total. The van der Waals surface area contributed by atoms with E-state index in [2.05, 4.69) is 0 Å². The molecule has 2 aromatic rings. The molecule has 1 amide bonds. The van der Waals surface area contributed by atoms with Gasteiger partial charge in [-0.2, -0.15) is 0 Å². The first-order chi connectivity index (χ1) is 14.4. The molecule has 1 aromatic heterocycles. The van der Waals surface area contributed by atoms with Gasteiger partial charge in [0.1, 0.15) is 5.82 Å². The molecule has 1 aliphatic carbocycles. The highest BCUT2D eigenvalue weighted by Crippen LogP contribution is 2.40. The van der Waals surface area contributed by atoms with E-state index in [9.17, 15) is 19.1 Å². The molecule has 0 radical (unpaired) electrons. The first-order valence-corrected chi connectivity index (χ1v) is 11.2. The van der Waals surface area contributed by atoms with Crippen LogP contribution in [-0.4, -0.2) is 39.0 Å². The van der Waals surface area contributed by atoms with Crippen LogP contribution in [0.4, 0.5) is 4.39 Å². The highest BCUT2D eigenvalue weighted by atomic mass is 19.1. The summed E-state index contributed by atoms with van der Waals surface area (Å²) in [6.45, 7) is 5.46. The fourth-order valence-corrected chi connectivity index (χ4v) is 5.77. The second-order valence-corrected chi connectivity index (χ2v) is 8.95. The summed E-state index contributed by atoms with van der Waals surface area (Å²) in [5.74, 6) is -1.29. The van der Waals surface area contributed by atoms with Crippen LogP contribution in [-0.2, 0) is 16.1 Å². The Morgan fingerprint density at radius 1 is 1.23 bits per heavy atom. The van der Waals surface area contributed by atoms with Crippen molar-refractivity contribution in [2.75, 3.05) is 6.54 Å². The average Bonchev–Trinajstić information content (AvgIpc) is 3.13. The van der Waals surface area contributed by atoms with Gasteiger partial charge >= 0.3 is 5.97 Å². The topological polar surface area (TPSA) is 62.5 Å². The smallest absolute Gasteiger partial charge is 0.306 e. The van der Waals surface area contributed by atoms with Gasteiger partial charge in [0.05, 0.1) is 11.4 Å². The Morgan fingerprint density at radius 2 is 2.03 bits per heavy atom. The lowest BCUT2D eigenvalue weighted by Crippen LogP contribution is -2.53. The van der Waals surface area contributed by atoms with E-state index < -0.39 is 5.97 Å². The molecule has 0 spiro atoms. The average molecular weight is 415 g/mol. The number of carboxylic acids is 1. The Bertz CT molecular complexity index is 953. The van der Waals surface area contributed by atoms with Crippen molar-refractivity contribution in [3.05, 3.63) is 35.8 Å². The van der Waals surface area contributed by atoms with Gasteiger partial charge in [0.2, 0.25) is 5.91 Å². The van der Waals surface area contributed by atoms with Crippen LogP contribution in [0.5, 0.6) is 0 Å². The lowest BCUT2D eigenvalue weighted by Gasteiger charge is -2.46. The number of nitrogens with zero attached hydrogens (tertiary/aromatic N) is 2. The molecule has 1 aliphatic heterocycles. The standard InChI is InChI=1S/C24H31FN2O3/c1-3-26-14-18(23-19(25)9-5-11-21(23)26)15(2)13-22(28)27-12-6-8-16-17(24(29)30)7-4-10-20(16)27/h5,9,11,14-17,20H,3-4,6-8,10,12-13H2,1-2H3,(H,29,30). The number of rotatable bonds is 5. The van der Waals surface area contributed by atoms with Gasteiger partial charge in [0.25, 0.3) is 0 Å². The minimum absolute atomic E-state index is 0.0296. The zero-order valence-electron chi connectivity index (χ0n) is 17.8. The Labute approximate surface area is 176 Å². The summed E-state index contributed by atoms with van der Waals surface area (Å²) in [7, 11) is 0. The van der Waals surface area contributed by atoms with Gasteiger partial charge < -0.3 is 14.6 Å². The number of hydrogen-bond acceptors (Lipinski definition) is 2. The molecule has 30 heavy (non-hydrogen) atoms. The molecule has 2 heterocycles. The second kappa shape index (κ2) is 8.40. The van der Waals surface area contributed by atoms with E-state index in [1.807, 2.05) is 35.6 Å².